The smallest absolute Gasteiger partial charge is 0.175 e. The fourth-order valence-corrected chi connectivity index (χ4v) is 2.71. The molecule has 0 aliphatic carbocycles. The summed E-state index contributed by atoms with van der Waals surface area (Å²) in [7, 11) is 0. The Hall–Kier alpha value is -1.46. The van der Waals surface area contributed by atoms with Gasteiger partial charge in [0.2, 0.25) is 0 Å². The van der Waals surface area contributed by atoms with Gasteiger partial charge in [-0.1, -0.05) is 25.4 Å². The molecular weight excluding hydrogens is 298 g/mol. The highest BCUT2D eigenvalue weighted by molar-refractivity contribution is 6.34. The van der Waals surface area contributed by atoms with E-state index in [1.165, 1.54) is 0 Å². The quantitative estimate of drug-likeness (QED) is 0.805. The molecule has 1 atom stereocenters. The fourth-order valence-electron chi connectivity index (χ4n) is 2.52. The lowest BCUT2D eigenvalue weighted by molar-refractivity contribution is 0.295. The van der Waals surface area contributed by atoms with Gasteiger partial charge in [0.1, 0.15) is 5.52 Å². The van der Waals surface area contributed by atoms with E-state index in [0.717, 1.165) is 43.4 Å². The van der Waals surface area contributed by atoms with E-state index in [1.54, 1.807) is 6.20 Å². The van der Waals surface area contributed by atoms with Crippen LogP contribution in [0.3, 0.4) is 0 Å². The van der Waals surface area contributed by atoms with Crippen LogP contribution in [-0.2, 0) is 0 Å². The Kier molecular flexibility index (Phi) is 6.34. The third kappa shape index (κ3) is 4.27. The van der Waals surface area contributed by atoms with E-state index >= 15 is 0 Å². The molecule has 0 spiro atoms. The zero-order valence-electron chi connectivity index (χ0n) is 13.5. The molecule has 0 radical (unpaired) electrons. The number of hydrogen-bond donors (Lipinski definition) is 1. The Balaban J connectivity index is 1.97. The van der Waals surface area contributed by atoms with E-state index in [9.17, 15) is 0 Å². The number of nitrogens with zero attached hydrogens (tertiary/aromatic N) is 4. The third-order valence-electron chi connectivity index (χ3n) is 3.88. The minimum Gasteiger partial charge on any atom is -0.364 e. The summed E-state index contributed by atoms with van der Waals surface area (Å²) < 4.78 is 0. The molecule has 120 valence electrons. The van der Waals surface area contributed by atoms with Crippen LogP contribution in [0.4, 0.5) is 5.82 Å². The van der Waals surface area contributed by atoms with Gasteiger partial charge in [-0.25, -0.2) is 0 Å². The predicted molar refractivity (Wildman–Crippen MR) is 92.4 cm³/mol. The minimum atomic E-state index is 0.316. The SMILES string of the molecule is CCN(CC)CCCC(C)Nc1nnc(Cl)c2cccnc12. The normalized spacial score (nSPS) is 12.8. The molecular formula is C16H24ClN5. The molecule has 2 aromatic heterocycles. The molecule has 6 heteroatoms. The van der Waals surface area contributed by atoms with E-state index < -0.39 is 0 Å². The standard InChI is InChI=1S/C16H24ClN5/c1-4-22(5-2)11-7-8-12(3)19-16-14-13(9-6-10-18-14)15(17)20-21-16/h6,9-10,12H,4-5,7-8,11H2,1-3H3,(H,19,21). The lowest BCUT2D eigenvalue weighted by Gasteiger charge is -2.20. The van der Waals surface area contributed by atoms with Crippen LogP contribution in [0, 0.1) is 0 Å². The summed E-state index contributed by atoms with van der Waals surface area (Å²) in [6, 6.07) is 4.08. The number of rotatable bonds is 8. The molecule has 5 nitrogen and oxygen atoms in total. The first kappa shape index (κ1) is 16.9. The number of nitrogens with one attached hydrogen (secondary N) is 1. The molecule has 1 N–H and O–H groups in total. The maximum Gasteiger partial charge on any atom is 0.175 e. The van der Waals surface area contributed by atoms with Gasteiger partial charge in [0.25, 0.3) is 0 Å². The molecule has 1 unspecified atom stereocenters. The van der Waals surface area contributed by atoms with Crippen molar-refractivity contribution in [2.24, 2.45) is 0 Å². The van der Waals surface area contributed by atoms with Gasteiger partial charge in [-0.05, 0) is 51.5 Å². The Bertz CT molecular complexity index is 600. The molecule has 0 bridgehead atoms. The fraction of sp³-hybridized carbons (Fsp3) is 0.562. The average Bonchev–Trinajstić information content (AvgIpc) is 2.54. The van der Waals surface area contributed by atoms with Gasteiger partial charge in [0, 0.05) is 17.6 Å². The molecule has 2 aromatic rings. The second kappa shape index (κ2) is 8.25. The topological polar surface area (TPSA) is 53.9 Å². The second-order valence-corrected chi connectivity index (χ2v) is 5.81. The van der Waals surface area contributed by atoms with Gasteiger partial charge in [0.15, 0.2) is 11.0 Å². The van der Waals surface area contributed by atoms with Crippen LogP contribution in [0.15, 0.2) is 18.3 Å². The molecule has 2 rings (SSSR count). The van der Waals surface area contributed by atoms with E-state index in [4.69, 9.17) is 11.6 Å². The number of halogens is 1. The van der Waals surface area contributed by atoms with Crippen molar-refractivity contribution in [3.63, 3.8) is 0 Å². The van der Waals surface area contributed by atoms with Crippen LogP contribution < -0.4 is 5.32 Å². The summed E-state index contributed by atoms with van der Waals surface area (Å²) in [5.74, 6) is 0.704. The summed E-state index contributed by atoms with van der Waals surface area (Å²) >= 11 is 6.07. The molecule has 22 heavy (non-hydrogen) atoms. The van der Waals surface area contributed by atoms with Crippen LogP contribution in [0.5, 0.6) is 0 Å². The highest BCUT2D eigenvalue weighted by Gasteiger charge is 2.11. The number of anilines is 1. The van der Waals surface area contributed by atoms with E-state index in [1.807, 2.05) is 12.1 Å². The molecule has 0 aliphatic heterocycles. The Morgan fingerprint density at radius 3 is 2.77 bits per heavy atom. The van der Waals surface area contributed by atoms with Crippen molar-refractivity contribution < 1.29 is 0 Å². The number of fused-ring (bicyclic) bond motifs is 1. The summed E-state index contributed by atoms with van der Waals surface area (Å²) in [5, 5.41) is 12.8. The molecule has 0 aliphatic rings. The van der Waals surface area contributed by atoms with Crippen molar-refractivity contribution in [2.45, 2.75) is 39.7 Å². The third-order valence-corrected chi connectivity index (χ3v) is 4.16. The molecule has 0 aromatic carbocycles. The van der Waals surface area contributed by atoms with Crippen LogP contribution in [0.2, 0.25) is 5.15 Å². The summed E-state index contributed by atoms with van der Waals surface area (Å²) in [5.41, 5.74) is 0.776. The molecule has 0 fully saturated rings. The first-order chi connectivity index (χ1) is 10.7. The summed E-state index contributed by atoms with van der Waals surface area (Å²) in [4.78, 5) is 6.81. The van der Waals surface area contributed by atoms with Gasteiger partial charge in [-0.2, -0.15) is 0 Å². The van der Waals surface area contributed by atoms with Gasteiger partial charge >= 0.3 is 0 Å². The minimum absolute atomic E-state index is 0.316. The molecule has 0 amide bonds. The number of aromatic nitrogens is 3. The van der Waals surface area contributed by atoms with Crippen LogP contribution in [0.1, 0.15) is 33.6 Å². The monoisotopic (exact) mass is 321 g/mol. The van der Waals surface area contributed by atoms with Crippen molar-refractivity contribution in [1.29, 1.82) is 0 Å². The van der Waals surface area contributed by atoms with E-state index in [-0.39, 0.29) is 0 Å². The van der Waals surface area contributed by atoms with E-state index in [2.05, 4.69) is 46.2 Å². The average molecular weight is 322 g/mol. The van der Waals surface area contributed by atoms with Crippen molar-refractivity contribution in [3.8, 4) is 0 Å². The van der Waals surface area contributed by atoms with Gasteiger partial charge in [0.05, 0.1) is 0 Å². The number of pyridine rings is 1. The zero-order chi connectivity index (χ0) is 15.9. The van der Waals surface area contributed by atoms with Crippen LogP contribution in [-0.4, -0.2) is 45.8 Å². The van der Waals surface area contributed by atoms with E-state index in [0.29, 0.717) is 17.0 Å². The Morgan fingerprint density at radius 1 is 1.27 bits per heavy atom. The van der Waals surface area contributed by atoms with Crippen LogP contribution >= 0.6 is 11.6 Å². The lowest BCUT2D eigenvalue weighted by Crippen LogP contribution is -2.25. The zero-order valence-corrected chi connectivity index (χ0v) is 14.3. The maximum absolute atomic E-state index is 6.07. The van der Waals surface area contributed by atoms with Crippen molar-refractivity contribution in [2.75, 3.05) is 25.0 Å². The highest BCUT2D eigenvalue weighted by atomic mass is 35.5. The molecule has 2 heterocycles. The lowest BCUT2D eigenvalue weighted by atomic mass is 10.1. The van der Waals surface area contributed by atoms with Gasteiger partial charge < -0.3 is 10.2 Å². The van der Waals surface area contributed by atoms with Crippen LogP contribution in [0.25, 0.3) is 10.9 Å². The highest BCUT2D eigenvalue weighted by Crippen LogP contribution is 2.24. The van der Waals surface area contributed by atoms with Gasteiger partial charge in [-0.15, -0.1) is 10.2 Å². The Labute approximate surface area is 137 Å². The van der Waals surface area contributed by atoms with Crippen molar-refractivity contribution >= 4 is 28.3 Å². The van der Waals surface area contributed by atoms with Crippen molar-refractivity contribution in [1.82, 2.24) is 20.1 Å². The number of hydrogen-bond acceptors (Lipinski definition) is 5. The first-order valence-corrected chi connectivity index (χ1v) is 8.29. The molecule has 0 saturated carbocycles. The summed E-state index contributed by atoms with van der Waals surface area (Å²) in [6.45, 7) is 9.90. The summed E-state index contributed by atoms with van der Waals surface area (Å²) in [6.07, 6.45) is 3.98. The van der Waals surface area contributed by atoms with Gasteiger partial charge in [-0.3, -0.25) is 4.98 Å². The predicted octanol–water partition coefficient (Wildman–Crippen LogP) is 3.60. The Morgan fingerprint density at radius 2 is 2.05 bits per heavy atom. The first-order valence-electron chi connectivity index (χ1n) is 7.91. The molecule has 0 saturated heterocycles. The second-order valence-electron chi connectivity index (χ2n) is 5.45. The van der Waals surface area contributed by atoms with Crippen molar-refractivity contribution in [3.05, 3.63) is 23.5 Å². The maximum atomic E-state index is 6.07. The largest absolute Gasteiger partial charge is 0.364 e.